The first-order chi connectivity index (χ1) is 20.5. The van der Waals surface area contributed by atoms with Crippen LogP contribution in [0.2, 0.25) is 0 Å². The average Bonchev–Trinajstić information content (AvgIpc) is 3.30. The van der Waals surface area contributed by atoms with Gasteiger partial charge in [-0.3, -0.25) is 4.79 Å². The largest absolute Gasteiger partial charge is 0.496 e. The SMILES string of the molecule is COc1ccc(C(C)(C)C)cc1CN[C@H]1[C@H](C(C)(C)C)[C@@H](C(=O)O)N(C(=O)C2CC3C(CC2C)C3(C)C)[C@H]1c1ccccc1. The van der Waals surface area contributed by atoms with E-state index in [0.29, 0.717) is 18.4 Å². The van der Waals surface area contributed by atoms with Crippen LogP contribution >= 0.6 is 0 Å². The lowest BCUT2D eigenvalue weighted by molar-refractivity contribution is -0.155. The molecule has 240 valence electrons. The number of benzene rings is 2. The Hall–Kier alpha value is -2.86. The summed E-state index contributed by atoms with van der Waals surface area (Å²) in [6, 6.07) is 14.8. The fourth-order valence-corrected chi connectivity index (χ4v) is 8.74. The van der Waals surface area contributed by atoms with E-state index in [-0.39, 0.29) is 45.9 Å². The van der Waals surface area contributed by atoms with Crippen molar-refractivity contribution in [2.75, 3.05) is 7.11 Å². The van der Waals surface area contributed by atoms with Gasteiger partial charge in [0.05, 0.1) is 13.2 Å². The Bertz CT molecular complexity index is 1370. The van der Waals surface area contributed by atoms with Gasteiger partial charge in [0.15, 0.2) is 0 Å². The molecule has 1 amide bonds. The van der Waals surface area contributed by atoms with Gasteiger partial charge in [-0.15, -0.1) is 0 Å². The molecule has 0 spiro atoms. The summed E-state index contributed by atoms with van der Waals surface area (Å²) in [5.41, 5.74) is 3.05. The third-order valence-electron chi connectivity index (χ3n) is 11.4. The maximum atomic E-state index is 14.8. The Morgan fingerprint density at radius 2 is 1.64 bits per heavy atom. The highest BCUT2D eigenvalue weighted by Crippen LogP contribution is 2.67. The van der Waals surface area contributed by atoms with Crippen molar-refractivity contribution in [3.8, 4) is 5.75 Å². The van der Waals surface area contributed by atoms with Gasteiger partial charge in [0.2, 0.25) is 5.91 Å². The van der Waals surface area contributed by atoms with Crippen molar-refractivity contribution in [2.45, 2.75) is 105 Å². The Kier molecular flexibility index (Phi) is 8.50. The topological polar surface area (TPSA) is 78.9 Å². The van der Waals surface area contributed by atoms with Gasteiger partial charge < -0.3 is 20.1 Å². The fraction of sp³-hybridized carbons (Fsp3) is 0.632. The van der Waals surface area contributed by atoms with E-state index in [0.717, 1.165) is 29.7 Å². The Labute approximate surface area is 265 Å². The molecule has 1 saturated heterocycles. The summed E-state index contributed by atoms with van der Waals surface area (Å²) in [5, 5.41) is 14.7. The Morgan fingerprint density at radius 1 is 1.00 bits per heavy atom. The fourth-order valence-electron chi connectivity index (χ4n) is 8.74. The standard InChI is InChI=1S/C38H54N2O4/c1-22-18-27-28(38(27,8)9)20-26(22)34(41)40-32(23-14-12-11-13-15-23)31(30(37(5,6)7)33(40)35(42)43)39-21-24-19-25(36(2,3)4)16-17-29(24)44-10/h11-17,19,22,26-28,30-33,39H,18,20-21H2,1-10H3,(H,42,43)/t22?,26?,27?,28?,30-,31-,32-,33-/m0/s1. The minimum Gasteiger partial charge on any atom is -0.496 e. The lowest BCUT2D eigenvalue weighted by Crippen LogP contribution is -2.50. The van der Waals surface area contributed by atoms with Gasteiger partial charge in [-0.05, 0) is 64.0 Å². The molecule has 2 aromatic rings. The maximum Gasteiger partial charge on any atom is 0.326 e. The lowest BCUT2D eigenvalue weighted by Gasteiger charge is -2.37. The van der Waals surface area contributed by atoms with Crippen LogP contribution in [0.5, 0.6) is 5.75 Å². The molecule has 0 radical (unpaired) electrons. The number of carboxylic acid groups (broad SMARTS) is 1. The molecule has 2 aliphatic carbocycles. The van der Waals surface area contributed by atoms with Crippen molar-refractivity contribution < 1.29 is 19.4 Å². The molecule has 3 aliphatic rings. The zero-order chi connectivity index (χ0) is 32.4. The van der Waals surface area contributed by atoms with Crippen molar-refractivity contribution in [3.63, 3.8) is 0 Å². The first-order valence-electron chi connectivity index (χ1n) is 16.5. The summed E-state index contributed by atoms with van der Waals surface area (Å²) < 4.78 is 5.78. The zero-order valence-corrected chi connectivity index (χ0v) is 28.5. The molecule has 2 saturated carbocycles. The van der Waals surface area contributed by atoms with Crippen LogP contribution in [0, 0.1) is 40.4 Å². The molecule has 6 nitrogen and oxygen atoms in total. The number of ether oxygens (including phenoxy) is 1. The highest BCUT2D eigenvalue weighted by atomic mass is 16.5. The first-order valence-corrected chi connectivity index (χ1v) is 16.5. The number of amides is 1. The number of nitrogens with one attached hydrogen (secondary N) is 1. The molecule has 8 atom stereocenters. The van der Waals surface area contributed by atoms with Crippen LogP contribution in [-0.2, 0) is 21.5 Å². The van der Waals surface area contributed by atoms with Crippen LogP contribution in [0.25, 0.3) is 0 Å². The number of hydrogen-bond donors (Lipinski definition) is 2. The number of methoxy groups -OCH3 is 1. The van der Waals surface area contributed by atoms with Crippen LogP contribution in [-0.4, -0.2) is 41.1 Å². The van der Waals surface area contributed by atoms with Gasteiger partial charge in [0.1, 0.15) is 11.8 Å². The third-order valence-corrected chi connectivity index (χ3v) is 11.4. The predicted molar refractivity (Wildman–Crippen MR) is 175 cm³/mol. The van der Waals surface area contributed by atoms with E-state index in [9.17, 15) is 14.7 Å². The van der Waals surface area contributed by atoms with E-state index >= 15 is 0 Å². The van der Waals surface area contributed by atoms with E-state index in [4.69, 9.17) is 4.74 Å². The highest BCUT2D eigenvalue weighted by molar-refractivity contribution is 5.87. The van der Waals surface area contributed by atoms with Crippen molar-refractivity contribution in [1.29, 1.82) is 0 Å². The molecule has 2 aromatic carbocycles. The molecule has 44 heavy (non-hydrogen) atoms. The Morgan fingerprint density at radius 3 is 2.20 bits per heavy atom. The van der Waals surface area contributed by atoms with Gasteiger partial charge in [0.25, 0.3) is 0 Å². The van der Waals surface area contributed by atoms with Crippen molar-refractivity contribution >= 4 is 11.9 Å². The van der Waals surface area contributed by atoms with E-state index in [1.807, 2.05) is 24.3 Å². The smallest absolute Gasteiger partial charge is 0.326 e. The summed E-state index contributed by atoms with van der Waals surface area (Å²) in [4.78, 5) is 30.0. The van der Waals surface area contributed by atoms with Crippen LogP contribution < -0.4 is 10.1 Å². The van der Waals surface area contributed by atoms with Gasteiger partial charge in [0, 0.05) is 30.0 Å². The number of nitrogens with zero attached hydrogens (tertiary/aromatic N) is 1. The predicted octanol–water partition coefficient (Wildman–Crippen LogP) is 7.47. The molecule has 0 bridgehead atoms. The molecular weight excluding hydrogens is 548 g/mol. The monoisotopic (exact) mass is 602 g/mol. The first kappa shape index (κ1) is 32.5. The van der Waals surface area contributed by atoms with Crippen LogP contribution in [0.15, 0.2) is 48.5 Å². The number of carboxylic acids is 1. The lowest BCUT2D eigenvalue weighted by atomic mass is 9.72. The number of fused-ring (bicyclic) bond motifs is 1. The van der Waals surface area contributed by atoms with E-state index in [1.54, 1.807) is 12.0 Å². The molecule has 3 fully saturated rings. The highest BCUT2D eigenvalue weighted by Gasteiger charge is 2.64. The molecule has 1 heterocycles. The Balaban J connectivity index is 1.58. The zero-order valence-electron chi connectivity index (χ0n) is 28.5. The summed E-state index contributed by atoms with van der Waals surface area (Å²) in [6.45, 7) is 20.3. The second-order valence-corrected chi connectivity index (χ2v) is 16.5. The molecular formula is C38H54N2O4. The van der Waals surface area contributed by atoms with Gasteiger partial charge in [-0.2, -0.15) is 0 Å². The maximum absolute atomic E-state index is 14.8. The summed E-state index contributed by atoms with van der Waals surface area (Å²) >= 11 is 0. The number of carbonyl (C=O) groups is 2. The van der Waals surface area contributed by atoms with E-state index < -0.39 is 18.1 Å². The molecule has 0 aromatic heterocycles. The van der Waals surface area contributed by atoms with Crippen molar-refractivity contribution in [1.82, 2.24) is 10.2 Å². The van der Waals surface area contributed by atoms with Gasteiger partial charge in [-0.25, -0.2) is 4.79 Å². The van der Waals surface area contributed by atoms with Gasteiger partial charge in [-0.1, -0.05) is 105 Å². The summed E-state index contributed by atoms with van der Waals surface area (Å²) in [7, 11) is 1.69. The minimum atomic E-state index is -0.940. The summed E-state index contributed by atoms with van der Waals surface area (Å²) in [5.74, 6) is 0.798. The van der Waals surface area contributed by atoms with Crippen molar-refractivity contribution in [2.24, 2.45) is 40.4 Å². The summed E-state index contributed by atoms with van der Waals surface area (Å²) in [6.07, 6.45) is 1.88. The number of rotatable bonds is 7. The van der Waals surface area contributed by atoms with Crippen LogP contribution in [0.4, 0.5) is 0 Å². The third kappa shape index (κ3) is 5.79. The number of carbonyl (C=O) groups excluding carboxylic acids is 1. The molecule has 6 heteroatoms. The minimum absolute atomic E-state index is 0.00534. The quantitative estimate of drug-likeness (QED) is 0.344. The van der Waals surface area contributed by atoms with Crippen LogP contribution in [0.1, 0.15) is 97.9 Å². The second-order valence-electron chi connectivity index (χ2n) is 16.5. The van der Waals surface area contributed by atoms with E-state index in [2.05, 4.69) is 91.9 Å². The van der Waals surface area contributed by atoms with E-state index in [1.165, 1.54) is 5.56 Å². The van der Waals surface area contributed by atoms with Gasteiger partial charge >= 0.3 is 5.97 Å². The van der Waals surface area contributed by atoms with Crippen molar-refractivity contribution in [3.05, 3.63) is 65.2 Å². The molecule has 5 rings (SSSR count). The second kappa shape index (κ2) is 11.5. The molecule has 1 aliphatic heterocycles. The number of hydrogen-bond acceptors (Lipinski definition) is 4. The normalized spacial score (nSPS) is 31.4. The number of likely N-dealkylation sites (tertiary alicyclic amines) is 1. The number of aliphatic carboxylic acids is 1. The molecule has 2 N–H and O–H groups in total. The molecule has 4 unspecified atom stereocenters. The van der Waals surface area contributed by atoms with Crippen LogP contribution in [0.3, 0.4) is 0 Å². The average molecular weight is 603 g/mol.